The summed E-state index contributed by atoms with van der Waals surface area (Å²) in [6.45, 7) is 10.3. The zero-order chi connectivity index (χ0) is 14.6. The molecule has 0 aliphatic heterocycles. The predicted molar refractivity (Wildman–Crippen MR) is 104 cm³/mol. The van der Waals surface area contributed by atoms with Crippen LogP contribution in [-0.2, 0) is 9.59 Å². The van der Waals surface area contributed by atoms with Crippen LogP contribution in [0, 0.1) is 0 Å². The van der Waals surface area contributed by atoms with E-state index in [4.69, 9.17) is 0 Å². The van der Waals surface area contributed by atoms with Crippen molar-refractivity contribution in [2.45, 2.75) is 76.7 Å². The molecule has 0 radical (unpaired) electrons. The molecule has 0 atom stereocenters. The second-order valence-corrected chi connectivity index (χ2v) is 4.38. The summed E-state index contributed by atoms with van der Waals surface area (Å²) in [5.74, 6) is 0.569. The third-order valence-corrected chi connectivity index (χ3v) is 2.74. The van der Waals surface area contributed by atoms with Crippen molar-refractivity contribution >= 4 is 11.7 Å². The number of rotatable bonds is 7. The number of ketones is 1. The van der Waals surface area contributed by atoms with Crippen LogP contribution in [0.2, 0.25) is 0 Å². The van der Waals surface area contributed by atoms with Gasteiger partial charge in [0.2, 0.25) is 5.91 Å². The number of likely N-dealkylation sites (N-methyl/N-ethyl adjacent to an activating group) is 1. The quantitative estimate of drug-likeness (QED) is 0.680. The highest BCUT2D eigenvalue weighted by Gasteiger charge is 2.02. The summed E-state index contributed by atoms with van der Waals surface area (Å²) >= 11 is 0. The third kappa shape index (κ3) is 24.1. The van der Waals surface area contributed by atoms with E-state index < -0.39 is 0 Å². The average molecular weight is 323 g/mol. The van der Waals surface area contributed by atoms with Gasteiger partial charge >= 0.3 is 0 Å². The molecular formula is C18H46N2O2. The Balaban J connectivity index is -0.0000000492. The van der Waals surface area contributed by atoms with Crippen LogP contribution >= 0.6 is 0 Å². The molecule has 22 heavy (non-hydrogen) atoms. The number of Topliss-reactive ketones (excluding diaryl/α,β-unsaturated/α-hetero) is 1. The van der Waals surface area contributed by atoms with Crippen LogP contribution in [0.5, 0.6) is 0 Å². The Kier molecular flexibility index (Phi) is 42.6. The Hall–Kier alpha value is -0.900. The van der Waals surface area contributed by atoms with Crippen molar-refractivity contribution in [3.8, 4) is 0 Å². The summed E-state index contributed by atoms with van der Waals surface area (Å²) in [6.07, 6.45) is 2.29. The Morgan fingerprint density at radius 3 is 1.55 bits per heavy atom. The van der Waals surface area contributed by atoms with Gasteiger partial charge in [-0.25, -0.2) is 0 Å². The first-order chi connectivity index (χ1) is 8.42. The molecule has 0 aromatic rings. The minimum atomic E-state index is 0. The molecule has 0 rings (SSSR count). The van der Waals surface area contributed by atoms with Gasteiger partial charge in [-0.15, -0.1) is 0 Å². The Labute approximate surface area is 142 Å². The molecular weight excluding hydrogens is 276 g/mol. The Bertz CT molecular complexity index is 231. The number of hydrogen-bond donors (Lipinski definition) is 0. The summed E-state index contributed by atoms with van der Waals surface area (Å²) in [4.78, 5) is 25.4. The summed E-state index contributed by atoms with van der Waals surface area (Å²) in [5.41, 5.74) is 0. The van der Waals surface area contributed by atoms with Gasteiger partial charge in [-0.05, 0) is 26.9 Å². The van der Waals surface area contributed by atoms with Crippen molar-refractivity contribution < 1.29 is 9.59 Å². The van der Waals surface area contributed by atoms with E-state index in [1.54, 1.807) is 4.90 Å². The smallest absolute Gasteiger partial charge is 0.222 e. The first-order valence-corrected chi connectivity index (χ1v) is 6.86. The molecule has 0 N–H and O–H groups in total. The number of amides is 1. The molecule has 0 aromatic carbocycles. The lowest BCUT2D eigenvalue weighted by Gasteiger charge is -2.12. The van der Waals surface area contributed by atoms with Crippen LogP contribution < -0.4 is 0 Å². The maximum absolute atomic E-state index is 10.9. The molecule has 0 saturated carbocycles. The zero-order valence-corrected chi connectivity index (χ0v) is 13.0. The number of nitrogens with zero attached hydrogens (tertiary/aromatic N) is 2. The normalized spacial score (nSPS) is 7.95. The second kappa shape index (κ2) is 25.1. The maximum atomic E-state index is 10.9. The molecule has 0 fully saturated rings. The highest BCUT2D eigenvalue weighted by Crippen LogP contribution is 1.92. The van der Waals surface area contributed by atoms with Crippen LogP contribution in [0.15, 0.2) is 0 Å². The van der Waals surface area contributed by atoms with E-state index >= 15 is 0 Å². The fourth-order valence-electron chi connectivity index (χ4n) is 1.11. The van der Waals surface area contributed by atoms with E-state index in [0.29, 0.717) is 25.2 Å². The molecule has 0 bridgehead atoms. The molecule has 0 aliphatic rings. The minimum absolute atomic E-state index is 0. The molecule has 0 unspecified atom stereocenters. The van der Waals surface area contributed by atoms with Gasteiger partial charge < -0.3 is 4.90 Å². The Morgan fingerprint density at radius 2 is 1.27 bits per heavy atom. The summed E-state index contributed by atoms with van der Waals surface area (Å²) in [6, 6.07) is 0. The van der Waals surface area contributed by atoms with E-state index in [-0.39, 0.29) is 35.6 Å². The van der Waals surface area contributed by atoms with Gasteiger partial charge in [-0.2, -0.15) is 0 Å². The topological polar surface area (TPSA) is 40.6 Å². The predicted octanol–water partition coefficient (Wildman–Crippen LogP) is 4.73. The van der Waals surface area contributed by atoms with Gasteiger partial charge in [0.05, 0.1) is 6.54 Å². The number of carbonyl (C=O) groups excluding carboxylic acids is 2. The molecule has 1 amide bonds. The van der Waals surface area contributed by atoms with Crippen molar-refractivity contribution in [1.82, 2.24) is 9.80 Å². The van der Waals surface area contributed by atoms with Gasteiger partial charge in [0, 0.05) is 26.4 Å². The fraction of sp³-hybridized carbons (Fsp3) is 0.889. The first kappa shape index (κ1) is 37.4. The zero-order valence-electron chi connectivity index (χ0n) is 13.0. The lowest BCUT2D eigenvalue weighted by atomic mass is 10.3. The molecule has 0 spiro atoms. The number of carbonyl (C=O) groups is 2. The van der Waals surface area contributed by atoms with Crippen molar-refractivity contribution in [2.24, 2.45) is 0 Å². The van der Waals surface area contributed by atoms with Crippen molar-refractivity contribution in [2.75, 3.05) is 33.7 Å². The van der Waals surface area contributed by atoms with Crippen molar-refractivity contribution in [3.63, 3.8) is 0 Å². The standard InChI is InChI=1S/2C7H15NO.4CH4/c1-4-7(9)6-8(3)5-2;1-4-6-7(9)8(3)5-2;;;;/h2*4-6H2,1-3H3;4*1H4. The van der Waals surface area contributed by atoms with Crippen LogP contribution in [0.25, 0.3) is 0 Å². The largest absolute Gasteiger partial charge is 0.346 e. The lowest BCUT2D eigenvalue weighted by Crippen LogP contribution is -2.25. The SMILES string of the molecule is C.C.C.C.CCC(=O)CN(C)CC.CCCC(=O)N(C)CC. The van der Waals surface area contributed by atoms with Crippen LogP contribution in [-0.4, -0.2) is 55.2 Å². The molecule has 0 saturated heterocycles. The lowest BCUT2D eigenvalue weighted by molar-refractivity contribution is -0.129. The molecule has 0 heterocycles. The molecule has 140 valence electrons. The van der Waals surface area contributed by atoms with Crippen molar-refractivity contribution in [1.29, 1.82) is 0 Å². The molecule has 4 heteroatoms. The van der Waals surface area contributed by atoms with E-state index in [0.717, 1.165) is 19.5 Å². The van der Waals surface area contributed by atoms with Gasteiger partial charge in [-0.3, -0.25) is 14.5 Å². The first-order valence-electron chi connectivity index (χ1n) is 6.86. The van der Waals surface area contributed by atoms with Crippen molar-refractivity contribution in [3.05, 3.63) is 0 Å². The van der Waals surface area contributed by atoms with E-state index in [2.05, 4.69) is 0 Å². The summed E-state index contributed by atoms with van der Waals surface area (Å²) < 4.78 is 0. The highest BCUT2D eigenvalue weighted by atomic mass is 16.2. The fourth-order valence-corrected chi connectivity index (χ4v) is 1.11. The second-order valence-electron chi connectivity index (χ2n) is 4.38. The summed E-state index contributed by atoms with van der Waals surface area (Å²) in [7, 11) is 3.78. The molecule has 0 aromatic heterocycles. The monoisotopic (exact) mass is 322 g/mol. The third-order valence-electron chi connectivity index (χ3n) is 2.74. The molecule has 4 nitrogen and oxygen atoms in total. The Morgan fingerprint density at radius 1 is 0.818 bits per heavy atom. The van der Waals surface area contributed by atoms with Gasteiger partial charge in [0.1, 0.15) is 5.78 Å². The van der Waals surface area contributed by atoms with E-state index in [1.165, 1.54) is 0 Å². The summed E-state index contributed by atoms with van der Waals surface area (Å²) in [5, 5.41) is 0. The van der Waals surface area contributed by atoms with Crippen LogP contribution in [0.3, 0.4) is 0 Å². The minimum Gasteiger partial charge on any atom is -0.346 e. The highest BCUT2D eigenvalue weighted by molar-refractivity contribution is 5.80. The maximum Gasteiger partial charge on any atom is 0.222 e. The van der Waals surface area contributed by atoms with E-state index in [1.807, 2.05) is 46.7 Å². The molecule has 0 aliphatic carbocycles. The van der Waals surface area contributed by atoms with Gasteiger partial charge in [0.15, 0.2) is 0 Å². The average Bonchev–Trinajstić information content (AvgIpc) is 2.38. The van der Waals surface area contributed by atoms with Gasteiger partial charge in [0.25, 0.3) is 0 Å². The number of hydrogen-bond acceptors (Lipinski definition) is 3. The van der Waals surface area contributed by atoms with Crippen LogP contribution in [0.4, 0.5) is 0 Å². The van der Waals surface area contributed by atoms with E-state index in [9.17, 15) is 9.59 Å². The van der Waals surface area contributed by atoms with Crippen LogP contribution in [0.1, 0.15) is 76.7 Å². The van der Waals surface area contributed by atoms with Gasteiger partial charge in [-0.1, -0.05) is 50.5 Å².